The fourth-order valence-corrected chi connectivity index (χ4v) is 4.47. The Balaban J connectivity index is 0.000000362. The van der Waals surface area contributed by atoms with Gasteiger partial charge in [-0.25, -0.2) is 4.98 Å². The minimum absolute atomic E-state index is 0.586. The lowest BCUT2D eigenvalue weighted by molar-refractivity contribution is 0.278. The Labute approximate surface area is 203 Å². The molecule has 4 rings (SSSR count). The molecule has 0 aliphatic heterocycles. The molecule has 0 radical (unpaired) electrons. The zero-order valence-electron chi connectivity index (χ0n) is 22.1. The molecule has 2 nitrogen and oxygen atoms in total. The first-order valence-corrected chi connectivity index (χ1v) is 13.0. The van der Waals surface area contributed by atoms with Gasteiger partial charge in [-0.3, -0.25) is 0 Å². The maximum absolute atomic E-state index is 3.98. The summed E-state index contributed by atoms with van der Waals surface area (Å²) >= 11 is 0. The highest BCUT2D eigenvalue weighted by atomic mass is 15.0. The van der Waals surface area contributed by atoms with Crippen molar-refractivity contribution in [3.8, 4) is 11.1 Å². The topological polar surface area (TPSA) is 17.8 Å². The Hall–Kier alpha value is -2.35. The molecule has 0 amide bonds. The van der Waals surface area contributed by atoms with Crippen molar-refractivity contribution in [3.63, 3.8) is 0 Å². The summed E-state index contributed by atoms with van der Waals surface area (Å²) in [5.41, 5.74) is 6.67. The van der Waals surface area contributed by atoms with E-state index in [4.69, 9.17) is 0 Å². The Morgan fingerprint density at radius 3 is 2.12 bits per heavy atom. The molecule has 1 fully saturated rings. The second kappa shape index (κ2) is 14.0. The third-order valence-electron chi connectivity index (χ3n) is 6.65. The van der Waals surface area contributed by atoms with Crippen molar-refractivity contribution in [2.75, 3.05) is 0 Å². The van der Waals surface area contributed by atoms with Crippen molar-refractivity contribution >= 4 is 0 Å². The summed E-state index contributed by atoms with van der Waals surface area (Å²) < 4.78 is 1.93. The number of hydrogen-bond donors (Lipinski definition) is 0. The fraction of sp³-hybridized carbons (Fsp3) is 0.516. The van der Waals surface area contributed by atoms with Crippen LogP contribution in [0.2, 0.25) is 0 Å². The van der Waals surface area contributed by atoms with Gasteiger partial charge in [-0.1, -0.05) is 109 Å². The highest BCUT2D eigenvalue weighted by Gasteiger charge is 2.17. The molecule has 3 aromatic rings. The average Bonchev–Trinajstić information content (AvgIpc) is 3.23. The van der Waals surface area contributed by atoms with E-state index in [9.17, 15) is 0 Å². The predicted molar refractivity (Wildman–Crippen MR) is 145 cm³/mol. The van der Waals surface area contributed by atoms with E-state index in [2.05, 4.69) is 74.3 Å². The van der Waals surface area contributed by atoms with Gasteiger partial charge in [0.1, 0.15) is 0 Å². The lowest BCUT2D eigenvalue weighted by Crippen LogP contribution is -2.12. The molecule has 0 spiro atoms. The van der Waals surface area contributed by atoms with Crippen molar-refractivity contribution < 1.29 is 0 Å². The maximum atomic E-state index is 3.98. The van der Waals surface area contributed by atoms with Crippen LogP contribution in [0.15, 0.2) is 61.1 Å². The summed E-state index contributed by atoms with van der Waals surface area (Å²) in [5.74, 6) is 2.51. The molecule has 33 heavy (non-hydrogen) atoms. The van der Waals surface area contributed by atoms with Crippen molar-refractivity contribution in [1.82, 2.24) is 9.55 Å². The molecule has 1 aromatic heterocycles. The Morgan fingerprint density at radius 2 is 1.61 bits per heavy atom. The quantitative estimate of drug-likeness (QED) is 0.382. The predicted octanol–water partition coefficient (Wildman–Crippen LogP) is 8.99. The SMILES string of the molecule is CC.CC1CCC(CCc2ccc(-c3cccc(C(C)C)c3)cc2)CC1.Cc1cn(C)cn1. The van der Waals surface area contributed by atoms with Gasteiger partial charge in [0.2, 0.25) is 0 Å². The molecule has 1 heterocycles. The van der Waals surface area contributed by atoms with E-state index in [0.29, 0.717) is 5.92 Å². The molecule has 0 atom stereocenters. The third-order valence-corrected chi connectivity index (χ3v) is 6.65. The van der Waals surface area contributed by atoms with Crippen molar-refractivity contribution in [2.24, 2.45) is 18.9 Å². The van der Waals surface area contributed by atoms with E-state index in [1.807, 2.05) is 38.6 Å². The molecule has 0 N–H and O–H groups in total. The van der Waals surface area contributed by atoms with Gasteiger partial charge < -0.3 is 4.57 Å². The molecular formula is C31H46N2. The van der Waals surface area contributed by atoms with Crippen LogP contribution in [0.4, 0.5) is 0 Å². The van der Waals surface area contributed by atoms with Crippen molar-refractivity contribution in [3.05, 3.63) is 77.9 Å². The summed E-state index contributed by atoms with van der Waals surface area (Å²) in [6, 6.07) is 18.3. The van der Waals surface area contributed by atoms with Crippen LogP contribution < -0.4 is 0 Å². The van der Waals surface area contributed by atoms with Crippen molar-refractivity contribution in [2.45, 2.75) is 86.0 Å². The molecule has 1 aliphatic rings. The standard InChI is InChI=1S/C24H32.C5H8N2.C2H6/c1-18(2)23-5-4-6-24(17-23)22-15-13-21(14-16-22)12-11-20-9-7-19(3)8-10-20;1-5-3-7(2)4-6-5;1-2/h4-6,13-20H,7-12H2,1-3H3;3-4H,1-2H3;1-2H3. The summed E-state index contributed by atoms with van der Waals surface area (Å²) in [7, 11) is 1.96. The lowest BCUT2D eigenvalue weighted by atomic mass is 9.80. The maximum Gasteiger partial charge on any atom is 0.0946 e. The smallest absolute Gasteiger partial charge is 0.0946 e. The molecule has 0 saturated heterocycles. The first-order chi connectivity index (χ1) is 15.9. The van der Waals surface area contributed by atoms with E-state index in [-0.39, 0.29) is 0 Å². The van der Waals surface area contributed by atoms with E-state index < -0.39 is 0 Å². The van der Waals surface area contributed by atoms with Gasteiger partial charge in [0.25, 0.3) is 0 Å². The minimum Gasteiger partial charge on any atom is -0.340 e. The molecular weight excluding hydrogens is 400 g/mol. The number of aryl methyl sites for hydroxylation is 3. The van der Waals surface area contributed by atoms with E-state index in [1.165, 1.54) is 60.8 Å². The monoisotopic (exact) mass is 446 g/mol. The van der Waals surface area contributed by atoms with Crippen LogP contribution >= 0.6 is 0 Å². The van der Waals surface area contributed by atoms with Gasteiger partial charge in [-0.2, -0.15) is 0 Å². The summed E-state index contributed by atoms with van der Waals surface area (Å²) in [5, 5.41) is 0. The zero-order valence-corrected chi connectivity index (χ0v) is 22.1. The Bertz CT molecular complexity index is 896. The number of imidazole rings is 1. The number of benzene rings is 2. The highest BCUT2D eigenvalue weighted by Crippen LogP contribution is 2.31. The number of hydrogen-bond acceptors (Lipinski definition) is 1. The summed E-state index contributed by atoms with van der Waals surface area (Å²) in [6.45, 7) is 12.9. The van der Waals surface area contributed by atoms with Crippen LogP contribution in [0.3, 0.4) is 0 Å². The normalized spacial score (nSPS) is 17.6. The van der Waals surface area contributed by atoms with Gasteiger partial charge >= 0.3 is 0 Å². The van der Waals surface area contributed by atoms with E-state index in [1.54, 1.807) is 6.33 Å². The summed E-state index contributed by atoms with van der Waals surface area (Å²) in [6.07, 6.45) is 12.1. The minimum atomic E-state index is 0.586. The lowest BCUT2D eigenvalue weighted by Gasteiger charge is -2.26. The molecule has 1 saturated carbocycles. The number of nitrogens with zero attached hydrogens (tertiary/aromatic N) is 2. The zero-order chi connectivity index (χ0) is 24.2. The Kier molecular flexibility index (Phi) is 11.4. The first kappa shape index (κ1) is 26.9. The molecule has 0 unspecified atom stereocenters. The van der Waals surface area contributed by atoms with Crippen LogP contribution in [0.1, 0.15) is 89.5 Å². The number of aromatic nitrogens is 2. The first-order valence-electron chi connectivity index (χ1n) is 13.0. The van der Waals surface area contributed by atoms with Gasteiger partial charge in [0.15, 0.2) is 0 Å². The number of rotatable bonds is 5. The van der Waals surface area contributed by atoms with E-state index in [0.717, 1.165) is 17.5 Å². The van der Waals surface area contributed by atoms with E-state index >= 15 is 0 Å². The molecule has 0 bridgehead atoms. The van der Waals surface area contributed by atoms with Gasteiger partial charge in [-0.15, -0.1) is 0 Å². The van der Waals surface area contributed by atoms with Gasteiger partial charge in [-0.05, 0) is 59.8 Å². The summed E-state index contributed by atoms with van der Waals surface area (Å²) in [4.78, 5) is 3.98. The second-order valence-corrected chi connectivity index (χ2v) is 9.82. The Morgan fingerprint density at radius 1 is 0.939 bits per heavy atom. The van der Waals surface area contributed by atoms with Crippen LogP contribution in [0, 0.1) is 18.8 Å². The van der Waals surface area contributed by atoms with Crippen LogP contribution in [0.5, 0.6) is 0 Å². The molecule has 2 aromatic carbocycles. The largest absolute Gasteiger partial charge is 0.340 e. The van der Waals surface area contributed by atoms with Gasteiger partial charge in [0, 0.05) is 13.2 Å². The molecule has 1 aliphatic carbocycles. The van der Waals surface area contributed by atoms with Crippen LogP contribution in [0.25, 0.3) is 11.1 Å². The molecule has 2 heteroatoms. The van der Waals surface area contributed by atoms with Crippen LogP contribution in [-0.2, 0) is 13.5 Å². The second-order valence-electron chi connectivity index (χ2n) is 9.82. The highest BCUT2D eigenvalue weighted by molar-refractivity contribution is 5.64. The molecule has 180 valence electrons. The third kappa shape index (κ3) is 9.20. The fourth-order valence-electron chi connectivity index (χ4n) is 4.47. The van der Waals surface area contributed by atoms with Crippen LogP contribution in [-0.4, -0.2) is 9.55 Å². The average molecular weight is 447 g/mol. The van der Waals surface area contributed by atoms with Crippen molar-refractivity contribution in [1.29, 1.82) is 0 Å². The van der Waals surface area contributed by atoms with Gasteiger partial charge in [0.05, 0.1) is 12.0 Å².